The van der Waals surface area contributed by atoms with E-state index in [-0.39, 0.29) is 10.7 Å². The van der Waals surface area contributed by atoms with Crippen molar-refractivity contribution >= 4 is 15.8 Å². The Balaban J connectivity index is 2.81. The first-order valence-corrected chi connectivity index (χ1v) is 7.50. The van der Waals surface area contributed by atoms with Crippen LogP contribution in [0.25, 0.3) is 0 Å². The molecule has 20 heavy (non-hydrogen) atoms. The fourth-order valence-electron chi connectivity index (χ4n) is 1.39. The molecule has 0 saturated heterocycles. The summed E-state index contributed by atoms with van der Waals surface area (Å²) in [6.07, 6.45) is -3.45. The van der Waals surface area contributed by atoms with E-state index in [1.807, 2.05) is 11.6 Å². The molecule has 0 unspecified atom stereocenters. The van der Waals surface area contributed by atoms with E-state index < -0.39 is 29.2 Å². The third-order valence-corrected chi connectivity index (χ3v) is 3.80. The highest BCUT2D eigenvalue weighted by Gasteiger charge is 2.28. The molecule has 5 nitrogen and oxygen atoms in total. The van der Waals surface area contributed by atoms with E-state index in [9.17, 15) is 21.6 Å². The molecule has 9 heteroatoms. The molecule has 0 fully saturated rings. The monoisotopic (exact) mass is 311 g/mol. The molecule has 114 valence electrons. The van der Waals surface area contributed by atoms with Crippen LogP contribution in [0.4, 0.5) is 19.0 Å². The third kappa shape index (κ3) is 5.33. The van der Waals surface area contributed by atoms with Gasteiger partial charge in [-0.25, -0.2) is 18.1 Å². The number of nitrogens with one attached hydrogen (secondary N) is 2. The average Bonchev–Trinajstić information content (AvgIpc) is 2.34. The van der Waals surface area contributed by atoms with E-state index in [1.165, 1.54) is 18.3 Å². The Kier molecular flexibility index (Phi) is 5.75. The normalized spacial score (nSPS) is 12.4. The van der Waals surface area contributed by atoms with Crippen molar-refractivity contribution < 1.29 is 21.6 Å². The molecule has 0 aromatic carbocycles. The van der Waals surface area contributed by atoms with Crippen molar-refractivity contribution in [1.29, 1.82) is 0 Å². The van der Waals surface area contributed by atoms with Crippen LogP contribution in [0.3, 0.4) is 0 Å². The number of anilines is 1. The lowest BCUT2D eigenvalue weighted by molar-refractivity contribution is -0.132. The Morgan fingerprint density at radius 1 is 1.30 bits per heavy atom. The first-order valence-electron chi connectivity index (χ1n) is 6.01. The second-order valence-corrected chi connectivity index (χ2v) is 5.78. The molecule has 0 amide bonds. The summed E-state index contributed by atoms with van der Waals surface area (Å²) in [7, 11) is -4.02. The SMILES string of the molecule is CCCNc1ncccc1S(=O)(=O)NCCC(F)(F)F. The van der Waals surface area contributed by atoms with E-state index in [4.69, 9.17) is 0 Å². The van der Waals surface area contributed by atoms with E-state index in [0.29, 0.717) is 6.54 Å². The summed E-state index contributed by atoms with van der Waals surface area (Å²) in [4.78, 5) is 3.73. The summed E-state index contributed by atoms with van der Waals surface area (Å²) in [6.45, 7) is 1.71. The molecule has 0 atom stereocenters. The topological polar surface area (TPSA) is 71.1 Å². The highest BCUT2D eigenvalue weighted by atomic mass is 32.2. The van der Waals surface area contributed by atoms with Crippen LogP contribution in [0.1, 0.15) is 19.8 Å². The molecule has 0 aliphatic rings. The molecule has 0 aliphatic carbocycles. The predicted octanol–water partition coefficient (Wildman–Crippen LogP) is 2.13. The molecular formula is C11H16F3N3O2S. The lowest BCUT2D eigenvalue weighted by Crippen LogP contribution is -2.29. The Labute approximate surface area is 115 Å². The molecule has 0 aliphatic heterocycles. The molecule has 1 heterocycles. The van der Waals surface area contributed by atoms with Gasteiger partial charge < -0.3 is 5.32 Å². The summed E-state index contributed by atoms with van der Waals surface area (Å²) in [6, 6.07) is 2.70. The van der Waals surface area contributed by atoms with Crippen LogP contribution in [0.5, 0.6) is 0 Å². The average molecular weight is 311 g/mol. The number of aromatic nitrogens is 1. The first kappa shape index (κ1) is 16.7. The van der Waals surface area contributed by atoms with E-state index in [1.54, 1.807) is 0 Å². The molecule has 0 spiro atoms. The van der Waals surface area contributed by atoms with Gasteiger partial charge in [-0.1, -0.05) is 6.92 Å². The maximum atomic E-state index is 12.0. The lowest BCUT2D eigenvalue weighted by Gasteiger charge is -2.12. The van der Waals surface area contributed by atoms with Gasteiger partial charge in [-0.15, -0.1) is 0 Å². The first-order chi connectivity index (χ1) is 9.26. The lowest BCUT2D eigenvalue weighted by atomic mass is 10.4. The van der Waals surface area contributed by atoms with Gasteiger partial charge in [0.25, 0.3) is 0 Å². The zero-order valence-electron chi connectivity index (χ0n) is 10.9. The largest absolute Gasteiger partial charge is 0.390 e. The summed E-state index contributed by atoms with van der Waals surface area (Å²) < 4.78 is 61.9. The Bertz CT molecular complexity index is 532. The highest BCUT2D eigenvalue weighted by molar-refractivity contribution is 7.89. The molecular weight excluding hydrogens is 295 g/mol. The Hall–Kier alpha value is -1.35. The van der Waals surface area contributed by atoms with Gasteiger partial charge in [0.05, 0.1) is 6.42 Å². The maximum Gasteiger partial charge on any atom is 0.390 e. The van der Waals surface area contributed by atoms with Crippen molar-refractivity contribution in [2.24, 2.45) is 0 Å². The summed E-state index contributed by atoms with van der Waals surface area (Å²) in [5.74, 6) is 0.133. The van der Waals surface area contributed by atoms with Gasteiger partial charge in [-0.05, 0) is 18.6 Å². The second-order valence-electron chi connectivity index (χ2n) is 4.04. The molecule has 1 aromatic heterocycles. The van der Waals surface area contributed by atoms with E-state index in [0.717, 1.165) is 6.42 Å². The van der Waals surface area contributed by atoms with Crippen LogP contribution in [0, 0.1) is 0 Å². The zero-order chi connectivity index (χ0) is 15.2. The Morgan fingerprint density at radius 3 is 2.60 bits per heavy atom. The van der Waals surface area contributed by atoms with Gasteiger partial charge in [-0.2, -0.15) is 13.2 Å². The fraction of sp³-hybridized carbons (Fsp3) is 0.545. The minimum atomic E-state index is -4.40. The third-order valence-electron chi connectivity index (χ3n) is 2.30. The maximum absolute atomic E-state index is 12.0. The molecule has 0 saturated carbocycles. The van der Waals surface area contributed by atoms with Crippen LogP contribution in [0.2, 0.25) is 0 Å². The number of hydrogen-bond acceptors (Lipinski definition) is 4. The minimum Gasteiger partial charge on any atom is -0.369 e. The van der Waals surface area contributed by atoms with Crippen LogP contribution in [-0.4, -0.2) is 32.7 Å². The van der Waals surface area contributed by atoms with E-state index >= 15 is 0 Å². The number of hydrogen-bond donors (Lipinski definition) is 2. The number of rotatable bonds is 7. The fourth-order valence-corrected chi connectivity index (χ4v) is 2.55. The molecule has 0 bridgehead atoms. The van der Waals surface area contributed by atoms with Gasteiger partial charge in [0.2, 0.25) is 10.0 Å². The minimum absolute atomic E-state index is 0.133. The van der Waals surface area contributed by atoms with E-state index in [2.05, 4.69) is 10.3 Å². The van der Waals surface area contributed by atoms with Gasteiger partial charge in [0.15, 0.2) is 0 Å². The molecule has 2 N–H and O–H groups in total. The van der Waals surface area contributed by atoms with Gasteiger partial charge >= 0.3 is 6.18 Å². The molecule has 1 rings (SSSR count). The van der Waals surface area contributed by atoms with Gasteiger partial charge in [0, 0.05) is 19.3 Å². The standard InChI is InChI=1S/C11H16F3N3O2S/c1-2-6-15-10-9(4-3-7-16-10)20(18,19)17-8-5-11(12,13)14/h3-4,7,17H,2,5-6,8H2,1H3,(H,15,16). The van der Waals surface area contributed by atoms with Gasteiger partial charge in [-0.3, -0.25) is 0 Å². The number of sulfonamides is 1. The van der Waals surface area contributed by atoms with Crippen LogP contribution >= 0.6 is 0 Å². The molecule has 0 radical (unpaired) electrons. The smallest absolute Gasteiger partial charge is 0.369 e. The molecule has 1 aromatic rings. The van der Waals surface area contributed by atoms with Crippen molar-refractivity contribution in [3.8, 4) is 0 Å². The van der Waals surface area contributed by atoms with Crippen molar-refractivity contribution in [2.75, 3.05) is 18.4 Å². The number of halogens is 3. The predicted molar refractivity (Wildman–Crippen MR) is 68.9 cm³/mol. The summed E-state index contributed by atoms with van der Waals surface area (Å²) in [5, 5.41) is 2.82. The number of pyridine rings is 1. The number of nitrogens with zero attached hydrogens (tertiary/aromatic N) is 1. The highest BCUT2D eigenvalue weighted by Crippen LogP contribution is 2.20. The van der Waals surface area contributed by atoms with Crippen LogP contribution in [0.15, 0.2) is 23.2 Å². The summed E-state index contributed by atoms with van der Waals surface area (Å²) in [5.41, 5.74) is 0. The quantitative estimate of drug-likeness (QED) is 0.809. The summed E-state index contributed by atoms with van der Waals surface area (Å²) >= 11 is 0. The van der Waals surface area contributed by atoms with Crippen molar-refractivity contribution in [2.45, 2.75) is 30.8 Å². The zero-order valence-corrected chi connectivity index (χ0v) is 11.7. The van der Waals surface area contributed by atoms with Crippen molar-refractivity contribution in [3.63, 3.8) is 0 Å². The van der Waals surface area contributed by atoms with Crippen molar-refractivity contribution in [3.05, 3.63) is 18.3 Å². The van der Waals surface area contributed by atoms with Crippen LogP contribution in [-0.2, 0) is 10.0 Å². The van der Waals surface area contributed by atoms with Crippen molar-refractivity contribution in [1.82, 2.24) is 9.71 Å². The van der Waals surface area contributed by atoms with Crippen LogP contribution < -0.4 is 10.0 Å². The van der Waals surface area contributed by atoms with Gasteiger partial charge in [0.1, 0.15) is 10.7 Å². The number of alkyl halides is 3. The second kappa shape index (κ2) is 6.89. The Morgan fingerprint density at radius 2 is 2.00 bits per heavy atom.